The lowest BCUT2D eigenvalue weighted by Crippen LogP contribution is -2.44. The number of nitrogens with zero attached hydrogens (tertiary/aromatic N) is 3. The van der Waals surface area contributed by atoms with Gasteiger partial charge in [-0.3, -0.25) is 5.10 Å². The largest absolute Gasteiger partial charge is 0.337 e. The number of hydrogen-bond acceptors (Lipinski definition) is 4. The molecule has 1 aromatic carbocycles. The normalized spacial score (nSPS) is 15.8. The molecule has 0 radical (unpaired) electrons. The molecule has 19 heavy (non-hydrogen) atoms. The summed E-state index contributed by atoms with van der Waals surface area (Å²) in [5, 5.41) is 10.4. The number of H-pyrrole nitrogens is 1. The Kier molecular flexibility index (Phi) is 3.48. The first-order valence-corrected chi connectivity index (χ1v) is 6.87. The Morgan fingerprint density at radius 1 is 1.26 bits per heavy atom. The van der Waals surface area contributed by atoms with E-state index in [1.807, 2.05) is 0 Å². The Morgan fingerprint density at radius 2 is 2.05 bits per heavy atom. The Hall–Kier alpha value is -1.47. The molecular formula is C12H13BrFN5. The Labute approximate surface area is 118 Å². The van der Waals surface area contributed by atoms with Crippen LogP contribution in [0.15, 0.2) is 22.7 Å². The van der Waals surface area contributed by atoms with Gasteiger partial charge in [-0.2, -0.15) is 4.98 Å². The minimum absolute atomic E-state index is 0.280. The predicted octanol–water partition coefficient (Wildman–Crippen LogP) is 1.78. The van der Waals surface area contributed by atoms with Crippen molar-refractivity contribution in [1.82, 2.24) is 20.5 Å². The van der Waals surface area contributed by atoms with Crippen molar-refractivity contribution < 1.29 is 4.39 Å². The molecule has 0 bridgehead atoms. The number of anilines is 1. The van der Waals surface area contributed by atoms with Gasteiger partial charge in [-0.1, -0.05) is 0 Å². The molecule has 2 heterocycles. The molecule has 5 nitrogen and oxygen atoms in total. The highest BCUT2D eigenvalue weighted by Crippen LogP contribution is 2.27. The van der Waals surface area contributed by atoms with Gasteiger partial charge in [0, 0.05) is 36.2 Å². The van der Waals surface area contributed by atoms with Gasteiger partial charge in [0.05, 0.1) is 0 Å². The van der Waals surface area contributed by atoms with Crippen molar-refractivity contribution in [3.8, 4) is 11.4 Å². The zero-order valence-electron chi connectivity index (χ0n) is 10.2. The average molecular weight is 326 g/mol. The van der Waals surface area contributed by atoms with Gasteiger partial charge in [-0.25, -0.2) is 4.39 Å². The third-order valence-corrected chi connectivity index (χ3v) is 3.72. The predicted molar refractivity (Wildman–Crippen MR) is 74.6 cm³/mol. The number of benzene rings is 1. The second kappa shape index (κ2) is 5.26. The Bertz CT molecular complexity index is 579. The molecule has 1 aromatic heterocycles. The molecule has 2 aromatic rings. The molecule has 100 valence electrons. The standard InChI is InChI=1S/C12H13BrFN5/c13-10-7-8(14)1-2-9(10)11-16-12(18-17-11)19-5-3-15-4-6-19/h1-2,7,15H,3-6H2,(H,16,17,18). The van der Waals surface area contributed by atoms with Crippen molar-refractivity contribution in [2.24, 2.45) is 0 Å². The number of halogens is 2. The van der Waals surface area contributed by atoms with E-state index in [4.69, 9.17) is 0 Å². The van der Waals surface area contributed by atoms with Gasteiger partial charge in [0.1, 0.15) is 5.82 Å². The lowest BCUT2D eigenvalue weighted by molar-refractivity contribution is 0.580. The number of piperazine rings is 1. The number of nitrogens with one attached hydrogen (secondary N) is 2. The molecule has 0 amide bonds. The first-order valence-electron chi connectivity index (χ1n) is 6.07. The van der Waals surface area contributed by atoms with E-state index in [-0.39, 0.29) is 5.82 Å². The Balaban J connectivity index is 1.87. The van der Waals surface area contributed by atoms with Crippen molar-refractivity contribution in [2.45, 2.75) is 0 Å². The van der Waals surface area contributed by atoms with Gasteiger partial charge < -0.3 is 10.2 Å². The molecule has 1 fully saturated rings. The third-order valence-electron chi connectivity index (χ3n) is 3.06. The van der Waals surface area contributed by atoms with Crippen LogP contribution in [0.1, 0.15) is 0 Å². The summed E-state index contributed by atoms with van der Waals surface area (Å²) in [6.07, 6.45) is 0. The van der Waals surface area contributed by atoms with Crippen LogP contribution in [0.25, 0.3) is 11.4 Å². The van der Waals surface area contributed by atoms with E-state index < -0.39 is 0 Å². The van der Waals surface area contributed by atoms with Crippen LogP contribution in [0, 0.1) is 5.82 Å². The summed E-state index contributed by atoms with van der Waals surface area (Å²) in [6.45, 7) is 3.65. The average Bonchev–Trinajstić information content (AvgIpc) is 2.89. The summed E-state index contributed by atoms with van der Waals surface area (Å²) >= 11 is 3.34. The Morgan fingerprint density at radius 3 is 2.79 bits per heavy atom. The molecule has 3 rings (SSSR count). The van der Waals surface area contributed by atoms with Crippen LogP contribution in [0.4, 0.5) is 10.3 Å². The minimum atomic E-state index is -0.280. The summed E-state index contributed by atoms with van der Waals surface area (Å²) < 4.78 is 13.7. The lowest BCUT2D eigenvalue weighted by Gasteiger charge is -2.25. The van der Waals surface area contributed by atoms with E-state index in [0.717, 1.165) is 31.7 Å². The molecule has 2 N–H and O–H groups in total. The van der Waals surface area contributed by atoms with E-state index >= 15 is 0 Å². The van der Waals surface area contributed by atoms with Crippen LogP contribution in [0.3, 0.4) is 0 Å². The number of aromatic amines is 1. The maximum absolute atomic E-state index is 13.1. The highest BCUT2D eigenvalue weighted by atomic mass is 79.9. The molecule has 0 unspecified atom stereocenters. The summed E-state index contributed by atoms with van der Waals surface area (Å²) in [4.78, 5) is 6.59. The monoisotopic (exact) mass is 325 g/mol. The van der Waals surface area contributed by atoms with E-state index in [1.54, 1.807) is 6.07 Å². The lowest BCUT2D eigenvalue weighted by atomic mass is 10.2. The molecule has 1 aliphatic heterocycles. The molecule has 0 saturated carbocycles. The molecule has 0 spiro atoms. The fraction of sp³-hybridized carbons (Fsp3) is 0.333. The van der Waals surface area contributed by atoms with Crippen molar-refractivity contribution in [3.05, 3.63) is 28.5 Å². The van der Waals surface area contributed by atoms with Crippen LogP contribution in [-0.2, 0) is 0 Å². The number of rotatable bonds is 2. The van der Waals surface area contributed by atoms with Gasteiger partial charge in [0.15, 0.2) is 5.82 Å². The topological polar surface area (TPSA) is 56.8 Å². The maximum atomic E-state index is 13.1. The molecule has 0 aliphatic carbocycles. The molecule has 7 heteroatoms. The van der Waals surface area contributed by atoms with Gasteiger partial charge in [-0.15, -0.1) is 5.10 Å². The van der Waals surface area contributed by atoms with Crippen molar-refractivity contribution >= 4 is 21.9 Å². The zero-order valence-corrected chi connectivity index (χ0v) is 11.7. The van der Waals surface area contributed by atoms with Crippen LogP contribution in [-0.4, -0.2) is 41.4 Å². The van der Waals surface area contributed by atoms with Crippen molar-refractivity contribution in [2.75, 3.05) is 31.1 Å². The van der Waals surface area contributed by atoms with Crippen LogP contribution < -0.4 is 10.2 Å². The summed E-state index contributed by atoms with van der Waals surface area (Å²) in [7, 11) is 0. The molecular weight excluding hydrogens is 313 g/mol. The highest BCUT2D eigenvalue weighted by Gasteiger charge is 2.16. The minimum Gasteiger partial charge on any atom is -0.337 e. The van der Waals surface area contributed by atoms with Crippen molar-refractivity contribution in [1.29, 1.82) is 0 Å². The SMILES string of the molecule is Fc1ccc(-c2nc(N3CCNCC3)n[nH]2)c(Br)c1. The highest BCUT2D eigenvalue weighted by molar-refractivity contribution is 9.10. The van der Waals surface area contributed by atoms with E-state index in [1.165, 1.54) is 12.1 Å². The van der Waals surface area contributed by atoms with E-state index in [9.17, 15) is 4.39 Å². The third kappa shape index (κ3) is 2.62. The van der Waals surface area contributed by atoms with Gasteiger partial charge in [0.25, 0.3) is 0 Å². The van der Waals surface area contributed by atoms with Gasteiger partial charge in [0.2, 0.25) is 5.95 Å². The first kappa shape index (κ1) is 12.6. The summed E-state index contributed by atoms with van der Waals surface area (Å²) in [5.41, 5.74) is 0.801. The van der Waals surface area contributed by atoms with Crippen molar-refractivity contribution in [3.63, 3.8) is 0 Å². The van der Waals surface area contributed by atoms with Crippen LogP contribution in [0.2, 0.25) is 0 Å². The molecule has 1 saturated heterocycles. The van der Waals surface area contributed by atoms with Gasteiger partial charge >= 0.3 is 0 Å². The zero-order chi connectivity index (χ0) is 13.2. The summed E-state index contributed by atoms with van der Waals surface area (Å²) in [5.74, 6) is 1.05. The quantitative estimate of drug-likeness (QED) is 0.883. The number of aromatic nitrogens is 3. The van der Waals surface area contributed by atoms with E-state index in [2.05, 4.69) is 41.3 Å². The first-order chi connectivity index (χ1) is 9.24. The molecule has 0 atom stereocenters. The van der Waals surface area contributed by atoms with Crippen LogP contribution in [0.5, 0.6) is 0 Å². The maximum Gasteiger partial charge on any atom is 0.245 e. The van der Waals surface area contributed by atoms with Gasteiger partial charge in [-0.05, 0) is 34.1 Å². The van der Waals surface area contributed by atoms with Crippen LogP contribution >= 0.6 is 15.9 Å². The fourth-order valence-corrected chi connectivity index (χ4v) is 2.60. The second-order valence-electron chi connectivity index (χ2n) is 4.35. The van der Waals surface area contributed by atoms with E-state index in [0.29, 0.717) is 16.2 Å². The second-order valence-corrected chi connectivity index (χ2v) is 5.20. The fourth-order valence-electron chi connectivity index (χ4n) is 2.06. The molecule has 1 aliphatic rings. The summed E-state index contributed by atoms with van der Waals surface area (Å²) in [6, 6.07) is 4.51. The smallest absolute Gasteiger partial charge is 0.245 e. The number of hydrogen-bond donors (Lipinski definition) is 2.